The van der Waals surface area contributed by atoms with Gasteiger partial charge in [-0.2, -0.15) is 0 Å². The second kappa shape index (κ2) is 22.0. The number of nitrogens with one attached hydrogen (secondary N) is 1. The van der Waals surface area contributed by atoms with Crippen molar-refractivity contribution >= 4 is 11.9 Å². The number of amides is 1. The van der Waals surface area contributed by atoms with Crippen molar-refractivity contribution in [2.75, 3.05) is 13.1 Å². The number of nitrogens with two attached hydrogens (primary N) is 2. The fourth-order valence-electron chi connectivity index (χ4n) is 3.42. The maximum atomic E-state index is 11.8. The van der Waals surface area contributed by atoms with Crippen molar-refractivity contribution in [3.8, 4) is 0 Å². The van der Waals surface area contributed by atoms with Gasteiger partial charge < -0.3 is 16.8 Å². The standard InChI is InChI=1S/C23H48N4O/c1-2-3-4-5-6-7-8-9-10-11-12-13-16-19-22(28)26-20-17-14-15-18-21-27-23(24)25/h2-21H2,1H3,(H,26,28)(H4,24,25,27). The average molecular weight is 397 g/mol. The molecule has 0 aliphatic rings. The summed E-state index contributed by atoms with van der Waals surface area (Å²) >= 11 is 0. The number of unbranched alkanes of at least 4 members (excludes halogenated alkanes) is 15. The van der Waals surface area contributed by atoms with Crippen LogP contribution in [0.3, 0.4) is 0 Å². The van der Waals surface area contributed by atoms with Crippen LogP contribution in [-0.4, -0.2) is 25.0 Å². The third kappa shape index (κ3) is 22.8. The first-order chi connectivity index (χ1) is 13.7. The molecule has 5 nitrogen and oxygen atoms in total. The Morgan fingerprint density at radius 1 is 0.679 bits per heavy atom. The summed E-state index contributed by atoms with van der Waals surface area (Å²) in [7, 11) is 0. The van der Waals surface area contributed by atoms with Gasteiger partial charge in [-0.15, -0.1) is 0 Å². The molecule has 0 unspecified atom stereocenters. The molecule has 5 heteroatoms. The Hall–Kier alpha value is -1.26. The maximum Gasteiger partial charge on any atom is 0.219 e. The molecule has 0 spiro atoms. The van der Waals surface area contributed by atoms with E-state index in [1.54, 1.807) is 0 Å². The topological polar surface area (TPSA) is 93.5 Å². The zero-order valence-corrected chi connectivity index (χ0v) is 18.7. The van der Waals surface area contributed by atoms with Gasteiger partial charge in [0.1, 0.15) is 0 Å². The highest BCUT2D eigenvalue weighted by molar-refractivity contribution is 5.76. The molecule has 28 heavy (non-hydrogen) atoms. The van der Waals surface area contributed by atoms with Crippen LogP contribution in [0.1, 0.15) is 122 Å². The molecule has 0 aromatic rings. The largest absolute Gasteiger partial charge is 0.370 e. The van der Waals surface area contributed by atoms with Crippen molar-refractivity contribution in [1.82, 2.24) is 5.32 Å². The van der Waals surface area contributed by atoms with Crippen LogP contribution in [0.4, 0.5) is 0 Å². The fourth-order valence-corrected chi connectivity index (χ4v) is 3.42. The molecule has 0 aliphatic carbocycles. The van der Waals surface area contributed by atoms with E-state index in [4.69, 9.17) is 11.5 Å². The highest BCUT2D eigenvalue weighted by Gasteiger charge is 2.00. The molecule has 0 bridgehead atoms. The Labute approximate surface area is 174 Å². The van der Waals surface area contributed by atoms with E-state index in [9.17, 15) is 4.79 Å². The Morgan fingerprint density at radius 3 is 1.68 bits per heavy atom. The summed E-state index contributed by atoms with van der Waals surface area (Å²) in [5.74, 6) is 0.379. The fraction of sp³-hybridized carbons (Fsp3) is 0.913. The van der Waals surface area contributed by atoms with Crippen molar-refractivity contribution in [1.29, 1.82) is 0 Å². The summed E-state index contributed by atoms with van der Waals surface area (Å²) in [5, 5.41) is 3.03. The van der Waals surface area contributed by atoms with Gasteiger partial charge in [-0.3, -0.25) is 9.79 Å². The summed E-state index contributed by atoms with van der Waals surface area (Å²) in [6.07, 6.45) is 22.3. The molecule has 0 aromatic heterocycles. The van der Waals surface area contributed by atoms with Gasteiger partial charge >= 0.3 is 0 Å². The first-order valence-electron chi connectivity index (χ1n) is 12.0. The van der Waals surface area contributed by atoms with Gasteiger partial charge in [-0.1, -0.05) is 96.8 Å². The maximum absolute atomic E-state index is 11.8. The smallest absolute Gasteiger partial charge is 0.219 e. The van der Waals surface area contributed by atoms with Crippen LogP contribution in [0.15, 0.2) is 4.99 Å². The Morgan fingerprint density at radius 2 is 1.14 bits per heavy atom. The molecule has 0 fully saturated rings. The molecule has 5 N–H and O–H groups in total. The molecule has 0 radical (unpaired) electrons. The minimum atomic E-state index is 0.167. The number of aliphatic imine (C=N–C) groups is 1. The molecule has 0 rings (SSSR count). The minimum Gasteiger partial charge on any atom is -0.370 e. The Bertz CT molecular complexity index is 368. The van der Waals surface area contributed by atoms with Crippen LogP contribution in [0.25, 0.3) is 0 Å². The lowest BCUT2D eigenvalue weighted by Crippen LogP contribution is -2.24. The van der Waals surface area contributed by atoms with Gasteiger partial charge in [-0.25, -0.2) is 0 Å². The lowest BCUT2D eigenvalue weighted by atomic mass is 10.0. The lowest BCUT2D eigenvalue weighted by Gasteiger charge is -2.05. The molecule has 0 atom stereocenters. The van der Waals surface area contributed by atoms with Crippen LogP contribution < -0.4 is 16.8 Å². The zero-order valence-electron chi connectivity index (χ0n) is 18.7. The molecule has 1 amide bonds. The van der Waals surface area contributed by atoms with Gasteiger partial charge in [0.05, 0.1) is 0 Å². The molecule has 166 valence electrons. The highest BCUT2D eigenvalue weighted by atomic mass is 16.1. The molecule has 0 heterocycles. The van der Waals surface area contributed by atoms with E-state index in [0.717, 1.165) is 38.6 Å². The molecule has 0 saturated heterocycles. The van der Waals surface area contributed by atoms with E-state index in [1.807, 2.05) is 0 Å². The third-order valence-electron chi connectivity index (χ3n) is 5.21. The second-order valence-electron chi connectivity index (χ2n) is 8.06. The van der Waals surface area contributed by atoms with E-state index in [0.29, 0.717) is 13.0 Å². The van der Waals surface area contributed by atoms with Crippen molar-refractivity contribution in [3.05, 3.63) is 0 Å². The number of hydrogen-bond donors (Lipinski definition) is 3. The highest BCUT2D eigenvalue weighted by Crippen LogP contribution is 2.12. The monoisotopic (exact) mass is 396 g/mol. The molecule has 0 aromatic carbocycles. The minimum absolute atomic E-state index is 0.167. The number of hydrogen-bond acceptors (Lipinski definition) is 2. The summed E-state index contributed by atoms with van der Waals surface area (Å²) in [5.41, 5.74) is 10.6. The number of guanidine groups is 1. The molecular formula is C23H48N4O. The predicted molar refractivity (Wildman–Crippen MR) is 122 cm³/mol. The quantitative estimate of drug-likeness (QED) is 0.137. The Kier molecular flexibility index (Phi) is 21.0. The SMILES string of the molecule is CCCCCCCCCCCCCCCC(=O)NCCCCCCN=C(N)N. The van der Waals surface area contributed by atoms with Crippen molar-refractivity contribution in [2.24, 2.45) is 16.5 Å². The number of carbonyl (C=O) groups is 1. The van der Waals surface area contributed by atoms with Gasteiger partial charge in [0.25, 0.3) is 0 Å². The van der Waals surface area contributed by atoms with E-state index in [1.165, 1.54) is 77.0 Å². The van der Waals surface area contributed by atoms with E-state index < -0.39 is 0 Å². The predicted octanol–water partition coefficient (Wildman–Crippen LogP) is 5.42. The third-order valence-corrected chi connectivity index (χ3v) is 5.21. The Balaban J connectivity index is 3.18. The molecule has 0 saturated carbocycles. The van der Waals surface area contributed by atoms with E-state index >= 15 is 0 Å². The van der Waals surface area contributed by atoms with Crippen molar-refractivity contribution in [2.45, 2.75) is 122 Å². The van der Waals surface area contributed by atoms with Crippen LogP contribution in [0.5, 0.6) is 0 Å². The summed E-state index contributed by atoms with van der Waals surface area (Å²) in [6, 6.07) is 0. The zero-order chi connectivity index (χ0) is 20.7. The molecular weight excluding hydrogens is 348 g/mol. The van der Waals surface area contributed by atoms with Gasteiger partial charge in [0, 0.05) is 19.5 Å². The van der Waals surface area contributed by atoms with Crippen molar-refractivity contribution in [3.63, 3.8) is 0 Å². The van der Waals surface area contributed by atoms with Crippen LogP contribution in [0, 0.1) is 0 Å². The molecule has 0 aliphatic heterocycles. The lowest BCUT2D eigenvalue weighted by molar-refractivity contribution is -0.121. The van der Waals surface area contributed by atoms with Crippen molar-refractivity contribution < 1.29 is 4.79 Å². The summed E-state index contributed by atoms with van der Waals surface area (Å²) in [6.45, 7) is 3.77. The summed E-state index contributed by atoms with van der Waals surface area (Å²) < 4.78 is 0. The van der Waals surface area contributed by atoms with E-state index in [2.05, 4.69) is 17.2 Å². The first kappa shape index (κ1) is 26.7. The first-order valence-corrected chi connectivity index (χ1v) is 12.0. The van der Waals surface area contributed by atoms with Crippen LogP contribution in [0.2, 0.25) is 0 Å². The number of nitrogens with zero attached hydrogens (tertiary/aromatic N) is 1. The summed E-state index contributed by atoms with van der Waals surface area (Å²) in [4.78, 5) is 15.8. The van der Waals surface area contributed by atoms with Gasteiger partial charge in [-0.05, 0) is 19.3 Å². The van der Waals surface area contributed by atoms with Gasteiger partial charge in [0.2, 0.25) is 5.91 Å². The van der Waals surface area contributed by atoms with Crippen LogP contribution in [-0.2, 0) is 4.79 Å². The van der Waals surface area contributed by atoms with Gasteiger partial charge in [0.15, 0.2) is 5.96 Å². The second-order valence-corrected chi connectivity index (χ2v) is 8.06. The number of rotatable bonds is 21. The van der Waals surface area contributed by atoms with E-state index in [-0.39, 0.29) is 11.9 Å². The number of carbonyl (C=O) groups excluding carboxylic acids is 1. The average Bonchev–Trinajstić information content (AvgIpc) is 2.67. The van der Waals surface area contributed by atoms with Crippen LogP contribution >= 0.6 is 0 Å². The normalized spacial score (nSPS) is 10.8.